The molecule has 0 aliphatic heterocycles. The standard InChI is InChI=1S/C14H29BrO/c1-3-5-6-7-8-9-11-16-13-14(12-15)10-4-2/h14H,3-13H2,1-2H3. The Balaban J connectivity index is 3.12. The van der Waals surface area contributed by atoms with Crippen molar-refractivity contribution in [2.24, 2.45) is 5.92 Å². The Morgan fingerprint density at radius 3 is 2.25 bits per heavy atom. The molecule has 98 valence electrons. The predicted molar refractivity (Wildman–Crippen MR) is 76.4 cm³/mol. The number of ether oxygens (including phenoxy) is 1. The summed E-state index contributed by atoms with van der Waals surface area (Å²) in [5.74, 6) is 0.713. The van der Waals surface area contributed by atoms with Crippen molar-refractivity contribution in [3.8, 4) is 0 Å². The summed E-state index contributed by atoms with van der Waals surface area (Å²) in [6, 6.07) is 0. The van der Waals surface area contributed by atoms with E-state index in [1.165, 1.54) is 51.4 Å². The van der Waals surface area contributed by atoms with E-state index in [1.807, 2.05) is 0 Å². The zero-order valence-corrected chi connectivity index (χ0v) is 12.7. The van der Waals surface area contributed by atoms with Crippen LogP contribution in [0, 0.1) is 5.92 Å². The maximum absolute atomic E-state index is 5.72. The fourth-order valence-corrected chi connectivity index (χ4v) is 2.36. The molecule has 0 saturated heterocycles. The monoisotopic (exact) mass is 292 g/mol. The summed E-state index contributed by atoms with van der Waals surface area (Å²) < 4.78 is 5.72. The molecular weight excluding hydrogens is 264 g/mol. The van der Waals surface area contributed by atoms with E-state index < -0.39 is 0 Å². The summed E-state index contributed by atoms with van der Waals surface area (Å²) in [6.45, 7) is 6.40. The van der Waals surface area contributed by atoms with E-state index >= 15 is 0 Å². The molecule has 0 heterocycles. The Bertz CT molecular complexity index is 128. The Hall–Kier alpha value is 0.440. The van der Waals surface area contributed by atoms with Gasteiger partial charge in [0, 0.05) is 11.9 Å². The number of rotatable bonds is 12. The number of hydrogen-bond acceptors (Lipinski definition) is 1. The third-order valence-electron chi connectivity index (χ3n) is 2.91. The van der Waals surface area contributed by atoms with Crippen molar-refractivity contribution in [1.29, 1.82) is 0 Å². The van der Waals surface area contributed by atoms with Crippen molar-refractivity contribution in [2.75, 3.05) is 18.5 Å². The van der Waals surface area contributed by atoms with Gasteiger partial charge in [-0.2, -0.15) is 0 Å². The highest BCUT2D eigenvalue weighted by atomic mass is 79.9. The Labute approximate surface area is 110 Å². The maximum Gasteiger partial charge on any atom is 0.0502 e. The summed E-state index contributed by atoms with van der Waals surface area (Å²) in [7, 11) is 0. The normalized spacial score (nSPS) is 12.9. The van der Waals surface area contributed by atoms with Crippen LogP contribution < -0.4 is 0 Å². The molecular formula is C14H29BrO. The van der Waals surface area contributed by atoms with Gasteiger partial charge in [0.2, 0.25) is 0 Å². The zero-order valence-electron chi connectivity index (χ0n) is 11.1. The third-order valence-corrected chi connectivity index (χ3v) is 3.83. The smallest absolute Gasteiger partial charge is 0.0502 e. The second-order valence-electron chi connectivity index (χ2n) is 4.65. The van der Waals surface area contributed by atoms with E-state index in [2.05, 4.69) is 29.8 Å². The molecule has 16 heavy (non-hydrogen) atoms. The van der Waals surface area contributed by atoms with E-state index in [-0.39, 0.29) is 0 Å². The van der Waals surface area contributed by atoms with Crippen molar-refractivity contribution in [3.63, 3.8) is 0 Å². The van der Waals surface area contributed by atoms with Gasteiger partial charge in [-0.05, 0) is 18.8 Å². The molecule has 1 atom stereocenters. The van der Waals surface area contributed by atoms with Gasteiger partial charge in [0.15, 0.2) is 0 Å². The average molecular weight is 293 g/mol. The molecule has 2 heteroatoms. The lowest BCUT2D eigenvalue weighted by Gasteiger charge is -2.13. The first-order chi connectivity index (χ1) is 7.85. The lowest BCUT2D eigenvalue weighted by molar-refractivity contribution is 0.1000. The number of unbranched alkanes of at least 4 members (excludes halogenated alkanes) is 5. The van der Waals surface area contributed by atoms with Crippen LogP contribution >= 0.6 is 15.9 Å². The van der Waals surface area contributed by atoms with Crippen molar-refractivity contribution in [3.05, 3.63) is 0 Å². The molecule has 0 saturated carbocycles. The molecule has 0 fully saturated rings. The van der Waals surface area contributed by atoms with Crippen LogP contribution in [0.1, 0.15) is 65.2 Å². The minimum atomic E-state index is 0.713. The zero-order chi connectivity index (χ0) is 12.1. The molecule has 0 N–H and O–H groups in total. The van der Waals surface area contributed by atoms with E-state index in [1.54, 1.807) is 0 Å². The third kappa shape index (κ3) is 10.9. The van der Waals surface area contributed by atoms with Crippen LogP contribution in [0.5, 0.6) is 0 Å². The van der Waals surface area contributed by atoms with Gasteiger partial charge < -0.3 is 4.74 Å². The van der Waals surface area contributed by atoms with Crippen LogP contribution in [-0.2, 0) is 4.74 Å². The van der Waals surface area contributed by atoms with Gasteiger partial charge in [-0.1, -0.05) is 68.3 Å². The number of halogens is 1. The number of alkyl halides is 1. The van der Waals surface area contributed by atoms with Crippen molar-refractivity contribution in [2.45, 2.75) is 65.2 Å². The van der Waals surface area contributed by atoms with Crippen LogP contribution in [0.15, 0.2) is 0 Å². The van der Waals surface area contributed by atoms with E-state index in [0.29, 0.717) is 5.92 Å². The Morgan fingerprint density at radius 2 is 1.62 bits per heavy atom. The first-order valence-corrected chi connectivity index (χ1v) is 8.11. The Morgan fingerprint density at radius 1 is 0.938 bits per heavy atom. The molecule has 0 rings (SSSR count). The van der Waals surface area contributed by atoms with Gasteiger partial charge in [0.25, 0.3) is 0 Å². The molecule has 0 aromatic carbocycles. The predicted octanol–water partition coefficient (Wildman–Crippen LogP) is 5.17. The van der Waals surface area contributed by atoms with Gasteiger partial charge in [0.05, 0.1) is 6.61 Å². The largest absolute Gasteiger partial charge is 0.381 e. The summed E-state index contributed by atoms with van der Waals surface area (Å²) >= 11 is 3.55. The van der Waals surface area contributed by atoms with Gasteiger partial charge >= 0.3 is 0 Å². The van der Waals surface area contributed by atoms with Crippen LogP contribution in [-0.4, -0.2) is 18.5 Å². The molecule has 0 aromatic heterocycles. The second-order valence-corrected chi connectivity index (χ2v) is 5.30. The lowest BCUT2D eigenvalue weighted by atomic mass is 10.1. The van der Waals surface area contributed by atoms with Crippen LogP contribution in [0.25, 0.3) is 0 Å². The molecule has 0 bridgehead atoms. The molecule has 0 amide bonds. The maximum atomic E-state index is 5.72. The molecule has 0 spiro atoms. The SMILES string of the molecule is CCCCCCCCOCC(CBr)CCC. The van der Waals surface area contributed by atoms with E-state index in [0.717, 1.165) is 18.5 Å². The van der Waals surface area contributed by atoms with Crippen LogP contribution in [0.2, 0.25) is 0 Å². The van der Waals surface area contributed by atoms with Crippen molar-refractivity contribution < 1.29 is 4.74 Å². The molecule has 0 aromatic rings. The van der Waals surface area contributed by atoms with Gasteiger partial charge in [-0.25, -0.2) is 0 Å². The Kier molecular flexibility index (Phi) is 13.9. The number of hydrogen-bond donors (Lipinski definition) is 0. The summed E-state index contributed by atoms with van der Waals surface area (Å²) in [4.78, 5) is 0. The van der Waals surface area contributed by atoms with Crippen molar-refractivity contribution in [1.82, 2.24) is 0 Å². The quantitative estimate of drug-likeness (QED) is 0.356. The summed E-state index contributed by atoms with van der Waals surface area (Å²) in [5, 5.41) is 1.08. The molecule has 1 nitrogen and oxygen atoms in total. The second kappa shape index (κ2) is 13.5. The average Bonchev–Trinajstić information content (AvgIpc) is 2.31. The highest BCUT2D eigenvalue weighted by Crippen LogP contribution is 2.11. The molecule has 0 radical (unpaired) electrons. The minimum Gasteiger partial charge on any atom is -0.381 e. The van der Waals surface area contributed by atoms with Gasteiger partial charge in [-0.15, -0.1) is 0 Å². The molecule has 0 aliphatic rings. The summed E-state index contributed by atoms with van der Waals surface area (Å²) in [6.07, 6.45) is 10.6. The first kappa shape index (κ1) is 16.4. The summed E-state index contributed by atoms with van der Waals surface area (Å²) in [5.41, 5.74) is 0. The highest BCUT2D eigenvalue weighted by molar-refractivity contribution is 9.09. The topological polar surface area (TPSA) is 9.23 Å². The van der Waals surface area contributed by atoms with E-state index in [4.69, 9.17) is 4.74 Å². The van der Waals surface area contributed by atoms with Crippen molar-refractivity contribution >= 4 is 15.9 Å². The minimum absolute atomic E-state index is 0.713. The lowest BCUT2D eigenvalue weighted by Crippen LogP contribution is -2.11. The van der Waals surface area contributed by atoms with E-state index in [9.17, 15) is 0 Å². The highest BCUT2D eigenvalue weighted by Gasteiger charge is 2.05. The first-order valence-electron chi connectivity index (χ1n) is 6.98. The fraction of sp³-hybridized carbons (Fsp3) is 1.00. The van der Waals surface area contributed by atoms with Crippen LogP contribution in [0.3, 0.4) is 0 Å². The van der Waals surface area contributed by atoms with Crippen LogP contribution in [0.4, 0.5) is 0 Å². The van der Waals surface area contributed by atoms with Gasteiger partial charge in [0.1, 0.15) is 0 Å². The van der Waals surface area contributed by atoms with Gasteiger partial charge in [-0.3, -0.25) is 0 Å². The molecule has 1 unspecified atom stereocenters. The molecule has 0 aliphatic carbocycles. The fourth-order valence-electron chi connectivity index (χ4n) is 1.85.